The van der Waals surface area contributed by atoms with Gasteiger partial charge in [0.1, 0.15) is 0 Å². The summed E-state index contributed by atoms with van der Waals surface area (Å²) < 4.78 is 26.4. The summed E-state index contributed by atoms with van der Waals surface area (Å²) in [6.45, 7) is 2.05. The van der Waals surface area contributed by atoms with E-state index in [9.17, 15) is 8.42 Å². The minimum absolute atomic E-state index is 0.371. The molecule has 0 aromatic heterocycles. The number of rotatable bonds is 5. The fraction of sp³-hybridized carbons (Fsp3) is 0.111. The third-order valence-electron chi connectivity index (χ3n) is 5.34. The SMILES string of the molecule is Cc1ccc(C2=CC(S(=O)(=O)c3ccccc3)C/C2=C\C=C\c2ccccc2)cc1. The molecule has 0 radical (unpaired) electrons. The molecule has 0 N–H and O–H groups in total. The molecule has 0 aliphatic heterocycles. The van der Waals surface area contributed by atoms with E-state index in [1.165, 1.54) is 5.56 Å². The normalized spacial score (nSPS) is 18.1. The van der Waals surface area contributed by atoms with Gasteiger partial charge in [0.2, 0.25) is 0 Å². The van der Waals surface area contributed by atoms with Crippen molar-refractivity contribution in [2.24, 2.45) is 0 Å². The second-order valence-electron chi connectivity index (χ2n) is 7.51. The highest BCUT2D eigenvalue weighted by molar-refractivity contribution is 7.92. The zero-order valence-corrected chi connectivity index (χ0v) is 17.7. The maximum absolute atomic E-state index is 13.2. The highest BCUT2D eigenvalue weighted by Crippen LogP contribution is 2.38. The van der Waals surface area contributed by atoms with E-state index < -0.39 is 15.1 Å². The molecular formula is C27H24O2S. The van der Waals surface area contributed by atoms with Gasteiger partial charge >= 0.3 is 0 Å². The average Bonchev–Trinajstić information content (AvgIpc) is 3.21. The van der Waals surface area contributed by atoms with Gasteiger partial charge in [-0.1, -0.05) is 103 Å². The molecule has 0 fully saturated rings. The van der Waals surface area contributed by atoms with E-state index in [4.69, 9.17) is 0 Å². The van der Waals surface area contributed by atoms with Crippen LogP contribution in [0.2, 0.25) is 0 Å². The Kier molecular flexibility index (Phi) is 5.82. The number of allylic oxidation sites excluding steroid dienone is 4. The molecule has 0 spiro atoms. The Morgan fingerprint density at radius 3 is 2.13 bits per heavy atom. The summed E-state index contributed by atoms with van der Waals surface area (Å²) in [5, 5.41) is -0.562. The molecular weight excluding hydrogens is 388 g/mol. The van der Waals surface area contributed by atoms with Gasteiger partial charge < -0.3 is 0 Å². The van der Waals surface area contributed by atoms with Crippen molar-refractivity contribution < 1.29 is 8.42 Å². The highest BCUT2D eigenvalue weighted by atomic mass is 32.2. The maximum atomic E-state index is 13.2. The van der Waals surface area contributed by atoms with Crippen LogP contribution in [0.25, 0.3) is 11.6 Å². The molecule has 0 heterocycles. The zero-order chi connectivity index (χ0) is 21.0. The van der Waals surface area contributed by atoms with Crippen molar-refractivity contribution in [3.8, 4) is 0 Å². The fourth-order valence-corrected chi connectivity index (χ4v) is 5.28. The molecule has 3 aromatic carbocycles. The van der Waals surface area contributed by atoms with Crippen LogP contribution < -0.4 is 0 Å². The summed E-state index contributed by atoms with van der Waals surface area (Å²) in [5.41, 5.74) is 5.38. The van der Waals surface area contributed by atoms with Crippen LogP contribution in [0, 0.1) is 6.92 Å². The zero-order valence-electron chi connectivity index (χ0n) is 16.9. The Bertz CT molecular complexity index is 1200. The van der Waals surface area contributed by atoms with E-state index in [1.807, 2.05) is 60.7 Å². The maximum Gasteiger partial charge on any atom is 0.185 e. The molecule has 1 aliphatic rings. The van der Waals surface area contributed by atoms with Crippen molar-refractivity contribution in [1.29, 1.82) is 0 Å². The van der Waals surface area contributed by atoms with Gasteiger partial charge in [0.25, 0.3) is 0 Å². The molecule has 150 valence electrons. The van der Waals surface area contributed by atoms with Gasteiger partial charge in [-0.3, -0.25) is 0 Å². The molecule has 3 heteroatoms. The lowest BCUT2D eigenvalue weighted by molar-refractivity contribution is 0.589. The van der Waals surface area contributed by atoms with Crippen molar-refractivity contribution in [3.05, 3.63) is 125 Å². The molecule has 3 aromatic rings. The third kappa shape index (κ3) is 4.37. The minimum atomic E-state index is -3.44. The Balaban J connectivity index is 1.70. The summed E-state index contributed by atoms with van der Waals surface area (Å²) in [6, 6.07) is 27.1. The van der Waals surface area contributed by atoms with Gasteiger partial charge in [-0.25, -0.2) is 8.42 Å². The van der Waals surface area contributed by atoms with Gasteiger partial charge in [-0.05, 0) is 47.8 Å². The minimum Gasteiger partial charge on any atom is -0.223 e. The lowest BCUT2D eigenvalue weighted by Gasteiger charge is -2.09. The van der Waals surface area contributed by atoms with Crippen molar-refractivity contribution in [1.82, 2.24) is 0 Å². The van der Waals surface area contributed by atoms with Crippen LogP contribution >= 0.6 is 0 Å². The smallest absolute Gasteiger partial charge is 0.185 e. The number of hydrogen-bond donors (Lipinski definition) is 0. The van der Waals surface area contributed by atoms with Crippen molar-refractivity contribution in [2.75, 3.05) is 0 Å². The van der Waals surface area contributed by atoms with Gasteiger partial charge in [-0.15, -0.1) is 0 Å². The van der Waals surface area contributed by atoms with E-state index in [-0.39, 0.29) is 0 Å². The quantitative estimate of drug-likeness (QED) is 0.495. The van der Waals surface area contributed by atoms with Crippen molar-refractivity contribution in [3.63, 3.8) is 0 Å². The van der Waals surface area contributed by atoms with Gasteiger partial charge in [0, 0.05) is 0 Å². The van der Waals surface area contributed by atoms with E-state index in [0.29, 0.717) is 11.3 Å². The molecule has 0 amide bonds. The van der Waals surface area contributed by atoms with Crippen LogP contribution in [0.1, 0.15) is 23.1 Å². The standard InChI is InChI=1S/C27H24O2S/c1-21-15-17-23(18-16-21)27-20-26(30(28,29)25-13-6-3-7-14-25)19-24(27)12-8-11-22-9-4-2-5-10-22/h2-18,20,26H,19H2,1H3/b11-8+,24-12+. The number of aryl methyl sites for hydroxylation is 1. The molecule has 0 bridgehead atoms. The number of sulfone groups is 1. The lowest BCUT2D eigenvalue weighted by atomic mass is 9.99. The molecule has 2 nitrogen and oxygen atoms in total. The van der Waals surface area contributed by atoms with Gasteiger partial charge in [0.05, 0.1) is 10.1 Å². The lowest BCUT2D eigenvalue weighted by Crippen LogP contribution is -2.17. The molecule has 1 atom stereocenters. The Morgan fingerprint density at radius 2 is 1.47 bits per heavy atom. The first-order valence-electron chi connectivity index (χ1n) is 10.0. The fourth-order valence-electron chi connectivity index (χ4n) is 3.67. The highest BCUT2D eigenvalue weighted by Gasteiger charge is 2.32. The van der Waals surface area contributed by atoms with E-state index in [2.05, 4.69) is 31.2 Å². The predicted molar refractivity (Wildman–Crippen MR) is 125 cm³/mol. The predicted octanol–water partition coefficient (Wildman–Crippen LogP) is 6.26. The first kappa shape index (κ1) is 20.1. The van der Waals surface area contributed by atoms with E-state index >= 15 is 0 Å². The van der Waals surface area contributed by atoms with Crippen molar-refractivity contribution in [2.45, 2.75) is 23.5 Å². The summed E-state index contributed by atoms with van der Waals surface area (Å²) in [7, 11) is -3.44. The first-order chi connectivity index (χ1) is 14.5. The Morgan fingerprint density at radius 1 is 0.833 bits per heavy atom. The van der Waals surface area contributed by atoms with Crippen LogP contribution in [0.3, 0.4) is 0 Å². The monoisotopic (exact) mass is 412 g/mol. The third-order valence-corrected chi connectivity index (χ3v) is 7.37. The van der Waals surface area contributed by atoms with Gasteiger partial charge in [-0.2, -0.15) is 0 Å². The van der Waals surface area contributed by atoms with Crippen LogP contribution in [0.4, 0.5) is 0 Å². The summed E-state index contributed by atoms with van der Waals surface area (Å²) >= 11 is 0. The largest absolute Gasteiger partial charge is 0.223 e. The second-order valence-corrected chi connectivity index (χ2v) is 9.68. The first-order valence-corrected chi connectivity index (χ1v) is 11.6. The van der Waals surface area contributed by atoms with Crippen LogP contribution in [0.15, 0.2) is 114 Å². The van der Waals surface area contributed by atoms with E-state index in [0.717, 1.165) is 22.3 Å². The molecule has 30 heavy (non-hydrogen) atoms. The molecule has 0 saturated heterocycles. The van der Waals surface area contributed by atoms with Crippen LogP contribution in [-0.2, 0) is 9.84 Å². The summed E-state index contributed by atoms with van der Waals surface area (Å²) in [4.78, 5) is 0.371. The summed E-state index contributed by atoms with van der Waals surface area (Å²) in [5.74, 6) is 0. The molecule has 1 unspecified atom stereocenters. The Hall–Kier alpha value is -3.17. The molecule has 1 aliphatic carbocycles. The topological polar surface area (TPSA) is 34.1 Å². The summed E-state index contributed by atoms with van der Waals surface area (Å²) in [6.07, 6.45) is 8.47. The molecule has 4 rings (SSSR count). The second kappa shape index (κ2) is 8.68. The molecule has 0 saturated carbocycles. The number of benzene rings is 3. The van der Waals surface area contributed by atoms with Crippen LogP contribution in [0.5, 0.6) is 0 Å². The van der Waals surface area contributed by atoms with Crippen molar-refractivity contribution >= 4 is 21.5 Å². The Labute approximate surface area is 178 Å². The van der Waals surface area contributed by atoms with E-state index in [1.54, 1.807) is 24.3 Å². The number of hydrogen-bond acceptors (Lipinski definition) is 2. The average molecular weight is 413 g/mol. The van der Waals surface area contributed by atoms with Gasteiger partial charge in [0.15, 0.2) is 9.84 Å². The van der Waals surface area contributed by atoms with Crippen LogP contribution in [-0.4, -0.2) is 13.7 Å².